The van der Waals surface area contributed by atoms with Crippen molar-refractivity contribution in [3.05, 3.63) is 17.7 Å². The molecule has 0 aliphatic heterocycles. The van der Waals surface area contributed by atoms with Crippen LogP contribution in [0.4, 0.5) is 0 Å². The van der Waals surface area contributed by atoms with Gasteiger partial charge in [-0.2, -0.15) is 0 Å². The molecule has 1 aromatic rings. The number of methoxy groups -OCH3 is 2. The maximum absolute atomic E-state index is 11.6. The van der Waals surface area contributed by atoms with E-state index in [4.69, 9.17) is 9.47 Å². The Hall–Kier alpha value is -1.27. The van der Waals surface area contributed by atoms with Gasteiger partial charge in [0.15, 0.2) is 9.84 Å². The van der Waals surface area contributed by atoms with Gasteiger partial charge in [-0.1, -0.05) is 0 Å². The van der Waals surface area contributed by atoms with Crippen molar-refractivity contribution in [1.29, 1.82) is 0 Å². The van der Waals surface area contributed by atoms with Crippen molar-refractivity contribution >= 4 is 9.84 Å². The molecule has 1 rings (SSSR count). The van der Waals surface area contributed by atoms with Crippen LogP contribution in [0.5, 0.6) is 11.5 Å². The number of rotatable bonds is 4. The molecule has 0 spiro atoms. The van der Waals surface area contributed by atoms with Gasteiger partial charge in [0, 0.05) is 17.9 Å². The SMILES string of the molecule is COc1cc(C(C)O)c(OC)c(S(C)(=O)=O)c1. The average molecular weight is 260 g/mol. The lowest BCUT2D eigenvalue weighted by atomic mass is 10.1. The van der Waals surface area contributed by atoms with Crippen LogP contribution in [-0.2, 0) is 9.84 Å². The van der Waals surface area contributed by atoms with Crippen LogP contribution in [0.1, 0.15) is 18.6 Å². The average Bonchev–Trinajstić information content (AvgIpc) is 2.25. The molecule has 1 N–H and O–H groups in total. The summed E-state index contributed by atoms with van der Waals surface area (Å²) in [6.45, 7) is 1.53. The smallest absolute Gasteiger partial charge is 0.179 e. The first-order chi connectivity index (χ1) is 7.81. The summed E-state index contributed by atoms with van der Waals surface area (Å²) >= 11 is 0. The highest BCUT2D eigenvalue weighted by Gasteiger charge is 2.21. The topological polar surface area (TPSA) is 72.8 Å². The van der Waals surface area contributed by atoms with E-state index >= 15 is 0 Å². The Morgan fingerprint density at radius 1 is 1.24 bits per heavy atom. The fraction of sp³-hybridized carbons (Fsp3) is 0.455. The Bertz CT molecular complexity index is 505. The van der Waals surface area contributed by atoms with Crippen molar-refractivity contribution in [3.8, 4) is 11.5 Å². The Kier molecular flexibility index (Phi) is 4.00. The molecule has 1 atom stereocenters. The normalized spacial score (nSPS) is 13.2. The highest BCUT2D eigenvalue weighted by atomic mass is 32.2. The molecule has 0 aliphatic carbocycles. The molecule has 96 valence electrons. The first-order valence-corrected chi connectivity index (χ1v) is 6.84. The number of hydrogen-bond acceptors (Lipinski definition) is 5. The molecule has 0 aromatic heterocycles. The maximum Gasteiger partial charge on any atom is 0.179 e. The van der Waals surface area contributed by atoms with Crippen molar-refractivity contribution in [3.63, 3.8) is 0 Å². The largest absolute Gasteiger partial charge is 0.497 e. The summed E-state index contributed by atoms with van der Waals surface area (Å²) in [6.07, 6.45) is 0.233. The molecule has 0 fully saturated rings. The van der Waals surface area contributed by atoms with Gasteiger partial charge >= 0.3 is 0 Å². The first-order valence-electron chi connectivity index (χ1n) is 4.95. The molecule has 6 heteroatoms. The Morgan fingerprint density at radius 3 is 2.18 bits per heavy atom. The number of sulfone groups is 1. The third-order valence-electron chi connectivity index (χ3n) is 2.35. The van der Waals surface area contributed by atoms with Crippen molar-refractivity contribution in [2.45, 2.75) is 17.9 Å². The number of aliphatic hydroxyl groups is 1. The summed E-state index contributed by atoms with van der Waals surface area (Å²) in [7, 11) is -0.657. The molecule has 0 saturated carbocycles. The van der Waals surface area contributed by atoms with Crippen LogP contribution in [0.3, 0.4) is 0 Å². The van der Waals surface area contributed by atoms with Gasteiger partial charge in [-0.05, 0) is 13.0 Å². The zero-order valence-corrected chi connectivity index (χ0v) is 11.0. The number of benzene rings is 1. The van der Waals surface area contributed by atoms with Gasteiger partial charge in [-0.3, -0.25) is 0 Å². The Morgan fingerprint density at radius 2 is 1.82 bits per heavy atom. The minimum atomic E-state index is -3.45. The van der Waals surface area contributed by atoms with Gasteiger partial charge < -0.3 is 14.6 Å². The van der Waals surface area contributed by atoms with Gasteiger partial charge in [0.05, 0.1) is 20.3 Å². The molecule has 0 amide bonds. The molecule has 0 heterocycles. The lowest BCUT2D eigenvalue weighted by Crippen LogP contribution is -2.06. The predicted octanol–water partition coefficient (Wildman–Crippen LogP) is 1.16. The van der Waals surface area contributed by atoms with Crippen molar-refractivity contribution in [1.82, 2.24) is 0 Å². The highest BCUT2D eigenvalue weighted by molar-refractivity contribution is 7.90. The van der Waals surface area contributed by atoms with Crippen LogP contribution in [0, 0.1) is 0 Å². The van der Waals surface area contributed by atoms with Crippen LogP contribution in [0.15, 0.2) is 17.0 Å². The number of aliphatic hydroxyl groups excluding tert-OH is 1. The minimum Gasteiger partial charge on any atom is -0.497 e. The molecule has 5 nitrogen and oxygen atoms in total. The van der Waals surface area contributed by atoms with Crippen LogP contribution in [0.2, 0.25) is 0 Å². The van der Waals surface area contributed by atoms with E-state index in [1.165, 1.54) is 27.2 Å². The van der Waals surface area contributed by atoms with E-state index in [1.807, 2.05) is 0 Å². The van der Waals surface area contributed by atoms with Gasteiger partial charge in [0.1, 0.15) is 16.4 Å². The van der Waals surface area contributed by atoms with E-state index in [0.717, 1.165) is 6.26 Å². The summed E-state index contributed by atoms with van der Waals surface area (Å²) in [5.41, 5.74) is 0.382. The predicted molar refractivity (Wildman–Crippen MR) is 63.3 cm³/mol. The van der Waals surface area contributed by atoms with E-state index < -0.39 is 15.9 Å². The molecular formula is C11H16O5S. The molecule has 17 heavy (non-hydrogen) atoms. The van der Waals surface area contributed by atoms with Crippen LogP contribution < -0.4 is 9.47 Å². The summed E-state index contributed by atoms with van der Waals surface area (Å²) in [5, 5.41) is 9.62. The van der Waals surface area contributed by atoms with E-state index in [1.54, 1.807) is 6.07 Å². The standard InChI is InChI=1S/C11H16O5S/c1-7(12)9-5-8(15-2)6-10(11(9)16-3)17(4,13)14/h5-7,12H,1-4H3. The molecule has 1 aromatic carbocycles. The maximum atomic E-state index is 11.6. The van der Waals surface area contributed by atoms with E-state index in [2.05, 4.69) is 0 Å². The van der Waals surface area contributed by atoms with Gasteiger partial charge in [-0.25, -0.2) is 8.42 Å². The number of ether oxygens (including phenoxy) is 2. The van der Waals surface area contributed by atoms with Gasteiger partial charge in [0.25, 0.3) is 0 Å². The third-order valence-corrected chi connectivity index (χ3v) is 3.45. The lowest BCUT2D eigenvalue weighted by molar-refractivity contribution is 0.193. The molecule has 1 unspecified atom stereocenters. The van der Waals surface area contributed by atoms with Gasteiger partial charge in [0.2, 0.25) is 0 Å². The molecular weight excluding hydrogens is 244 g/mol. The van der Waals surface area contributed by atoms with E-state index in [0.29, 0.717) is 11.3 Å². The summed E-state index contributed by atoms with van der Waals surface area (Å²) < 4.78 is 33.4. The molecule has 0 radical (unpaired) electrons. The van der Waals surface area contributed by atoms with Crippen LogP contribution >= 0.6 is 0 Å². The van der Waals surface area contributed by atoms with E-state index in [9.17, 15) is 13.5 Å². The second-order valence-electron chi connectivity index (χ2n) is 3.70. The van der Waals surface area contributed by atoms with Crippen molar-refractivity contribution in [2.24, 2.45) is 0 Å². The molecule has 0 aliphatic rings. The van der Waals surface area contributed by atoms with Crippen LogP contribution in [-0.4, -0.2) is 34.0 Å². The first kappa shape index (κ1) is 13.8. The zero-order chi connectivity index (χ0) is 13.2. The monoisotopic (exact) mass is 260 g/mol. The van der Waals surface area contributed by atoms with E-state index in [-0.39, 0.29) is 10.6 Å². The Balaban J connectivity index is 3.63. The summed E-state index contributed by atoms with van der Waals surface area (Å²) in [6, 6.07) is 2.93. The van der Waals surface area contributed by atoms with Crippen molar-refractivity contribution in [2.75, 3.05) is 20.5 Å². The third kappa shape index (κ3) is 2.89. The quantitative estimate of drug-likeness (QED) is 0.879. The second kappa shape index (κ2) is 4.93. The van der Waals surface area contributed by atoms with Gasteiger partial charge in [-0.15, -0.1) is 0 Å². The minimum absolute atomic E-state index is 0.00949. The molecule has 0 saturated heterocycles. The fourth-order valence-electron chi connectivity index (χ4n) is 1.52. The van der Waals surface area contributed by atoms with Crippen molar-refractivity contribution < 1.29 is 23.0 Å². The summed E-state index contributed by atoms with van der Waals surface area (Å²) in [5.74, 6) is 0.519. The molecule has 0 bridgehead atoms. The fourth-order valence-corrected chi connectivity index (χ4v) is 2.39. The zero-order valence-electron chi connectivity index (χ0n) is 10.2. The lowest BCUT2D eigenvalue weighted by Gasteiger charge is -2.16. The Labute approximate surface area is 101 Å². The number of hydrogen-bond donors (Lipinski definition) is 1. The highest BCUT2D eigenvalue weighted by Crippen LogP contribution is 2.36. The summed E-state index contributed by atoms with van der Waals surface area (Å²) in [4.78, 5) is 0.00949. The van der Waals surface area contributed by atoms with Crippen LogP contribution in [0.25, 0.3) is 0 Å². The second-order valence-corrected chi connectivity index (χ2v) is 5.68.